The van der Waals surface area contributed by atoms with Crippen molar-refractivity contribution in [2.45, 2.75) is 6.42 Å². The molecule has 0 spiro atoms. The Kier molecular flexibility index (Phi) is 3.85. The average molecular weight is 260 g/mol. The van der Waals surface area contributed by atoms with Gasteiger partial charge in [-0.25, -0.2) is 0 Å². The Labute approximate surface area is 111 Å². The van der Waals surface area contributed by atoms with E-state index >= 15 is 0 Å². The van der Waals surface area contributed by atoms with Crippen LogP contribution in [0.5, 0.6) is 11.5 Å². The number of rotatable bonds is 5. The summed E-state index contributed by atoms with van der Waals surface area (Å²) in [4.78, 5) is 12.3. The molecular formula is C14H16N2O3. The maximum Gasteiger partial charge on any atom is 0.189 e. The third kappa shape index (κ3) is 2.76. The van der Waals surface area contributed by atoms with Gasteiger partial charge in [-0.3, -0.25) is 9.48 Å². The van der Waals surface area contributed by atoms with E-state index in [-0.39, 0.29) is 5.78 Å². The van der Waals surface area contributed by atoms with Gasteiger partial charge in [0.1, 0.15) is 11.4 Å². The number of ether oxygens (including phenoxy) is 2. The van der Waals surface area contributed by atoms with Gasteiger partial charge in [0, 0.05) is 13.5 Å². The van der Waals surface area contributed by atoms with Gasteiger partial charge in [0.25, 0.3) is 0 Å². The molecule has 0 unspecified atom stereocenters. The Morgan fingerprint density at radius 2 is 1.89 bits per heavy atom. The molecule has 0 amide bonds. The molecule has 0 fully saturated rings. The predicted molar refractivity (Wildman–Crippen MR) is 70.8 cm³/mol. The second-order valence-electron chi connectivity index (χ2n) is 4.13. The van der Waals surface area contributed by atoms with Crippen molar-refractivity contribution in [1.29, 1.82) is 0 Å². The van der Waals surface area contributed by atoms with Crippen molar-refractivity contribution in [2.24, 2.45) is 7.05 Å². The van der Waals surface area contributed by atoms with E-state index < -0.39 is 0 Å². The topological polar surface area (TPSA) is 53.4 Å². The van der Waals surface area contributed by atoms with Crippen LogP contribution in [-0.2, 0) is 13.5 Å². The Hall–Kier alpha value is -2.30. The highest BCUT2D eigenvalue weighted by Gasteiger charge is 2.17. The second kappa shape index (κ2) is 5.56. The Balaban J connectivity index is 2.18. The highest BCUT2D eigenvalue weighted by molar-refractivity contribution is 5.98. The maximum absolute atomic E-state index is 12.3. The van der Waals surface area contributed by atoms with Gasteiger partial charge in [0.05, 0.1) is 20.4 Å². The first kappa shape index (κ1) is 13.1. The normalized spacial score (nSPS) is 10.3. The summed E-state index contributed by atoms with van der Waals surface area (Å²) in [5.41, 5.74) is 1.41. The summed E-state index contributed by atoms with van der Waals surface area (Å²) in [6.45, 7) is 0. The van der Waals surface area contributed by atoms with Gasteiger partial charge in [0.15, 0.2) is 11.5 Å². The van der Waals surface area contributed by atoms with Crippen LogP contribution in [0.25, 0.3) is 0 Å². The lowest BCUT2D eigenvalue weighted by molar-refractivity contribution is 0.0981. The van der Waals surface area contributed by atoms with Crippen LogP contribution in [0.15, 0.2) is 30.5 Å². The van der Waals surface area contributed by atoms with Crippen molar-refractivity contribution in [3.63, 3.8) is 0 Å². The molecule has 2 rings (SSSR count). The molecule has 0 N–H and O–H groups in total. The van der Waals surface area contributed by atoms with Gasteiger partial charge in [-0.15, -0.1) is 0 Å². The first-order valence-electron chi connectivity index (χ1n) is 5.88. The highest BCUT2D eigenvalue weighted by Crippen LogP contribution is 2.19. The zero-order valence-electron chi connectivity index (χ0n) is 11.2. The Morgan fingerprint density at radius 3 is 2.47 bits per heavy atom. The van der Waals surface area contributed by atoms with Gasteiger partial charge in [0.2, 0.25) is 0 Å². The predicted octanol–water partition coefficient (Wildman–Crippen LogP) is 1.86. The Bertz CT molecular complexity index is 573. The fourth-order valence-corrected chi connectivity index (χ4v) is 1.90. The van der Waals surface area contributed by atoms with Crippen molar-refractivity contribution in [2.75, 3.05) is 14.2 Å². The fraction of sp³-hybridized carbons (Fsp3) is 0.286. The molecule has 1 heterocycles. The number of ketones is 1. The number of hydrogen-bond donors (Lipinski definition) is 0. The number of aromatic nitrogens is 2. The van der Waals surface area contributed by atoms with Crippen LogP contribution in [0.3, 0.4) is 0 Å². The molecule has 1 aromatic carbocycles. The van der Waals surface area contributed by atoms with Crippen molar-refractivity contribution >= 4 is 5.78 Å². The molecule has 0 aliphatic heterocycles. The smallest absolute Gasteiger partial charge is 0.189 e. The molecule has 0 saturated carbocycles. The van der Waals surface area contributed by atoms with Crippen molar-refractivity contribution in [1.82, 2.24) is 9.78 Å². The minimum atomic E-state index is -0.0259. The summed E-state index contributed by atoms with van der Waals surface area (Å²) in [7, 11) is 4.87. The van der Waals surface area contributed by atoms with Crippen LogP contribution in [0, 0.1) is 0 Å². The van der Waals surface area contributed by atoms with Crippen LogP contribution >= 0.6 is 0 Å². The van der Waals surface area contributed by atoms with E-state index in [9.17, 15) is 4.79 Å². The number of aryl methyl sites for hydroxylation is 1. The van der Waals surface area contributed by atoms with E-state index in [0.29, 0.717) is 17.9 Å². The summed E-state index contributed by atoms with van der Waals surface area (Å²) < 4.78 is 11.8. The largest absolute Gasteiger partial charge is 0.497 e. The summed E-state index contributed by atoms with van der Waals surface area (Å²) >= 11 is 0. The third-order valence-electron chi connectivity index (χ3n) is 2.91. The van der Waals surface area contributed by atoms with E-state index in [4.69, 9.17) is 9.47 Å². The monoisotopic (exact) mass is 260 g/mol. The van der Waals surface area contributed by atoms with Gasteiger partial charge >= 0.3 is 0 Å². The van der Waals surface area contributed by atoms with Crippen LogP contribution in [0.4, 0.5) is 0 Å². The zero-order chi connectivity index (χ0) is 13.8. The van der Waals surface area contributed by atoms with E-state index in [1.54, 1.807) is 20.4 Å². The first-order chi connectivity index (χ1) is 9.15. The van der Waals surface area contributed by atoms with E-state index in [0.717, 1.165) is 11.3 Å². The van der Waals surface area contributed by atoms with Crippen LogP contribution in [0.2, 0.25) is 0 Å². The summed E-state index contributed by atoms with van der Waals surface area (Å²) in [5, 5.41) is 4.03. The van der Waals surface area contributed by atoms with Crippen LogP contribution < -0.4 is 9.47 Å². The third-order valence-corrected chi connectivity index (χ3v) is 2.91. The molecule has 1 aromatic heterocycles. The molecule has 0 saturated heterocycles. The van der Waals surface area contributed by atoms with Crippen LogP contribution in [0.1, 0.15) is 16.1 Å². The number of carbonyl (C=O) groups excluding carboxylic acids is 1. The van der Waals surface area contributed by atoms with Gasteiger partial charge in [-0.1, -0.05) is 12.1 Å². The zero-order valence-corrected chi connectivity index (χ0v) is 11.2. The molecule has 0 aliphatic carbocycles. The lowest BCUT2D eigenvalue weighted by atomic mass is 10.1. The number of hydrogen-bond acceptors (Lipinski definition) is 4. The van der Waals surface area contributed by atoms with E-state index in [1.165, 1.54) is 11.8 Å². The summed E-state index contributed by atoms with van der Waals surface area (Å²) in [6, 6.07) is 7.42. The molecule has 100 valence electrons. The molecule has 5 heteroatoms. The number of carbonyl (C=O) groups is 1. The van der Waals surface area contributed by atoms with Crippen molar-refractivity contribution in [3.05, 3.63) is 41.7 Å². The molecule has 0 bridgehead atoms. The standard InChI is InChI=1S/C14H16N2O3/c1-16-14(13(19-3)9-15-16)12(17)8-10-4-6-11(18-2)7-5-10/h4-7,9H,8H2,1-3H3. The first-order valence-corrected chi connectivity index (χ1v) is 5.88. The van der Waals surface area contributed by atoms with Crippen molar-refractivity contribution in [3.8, 4) is 11.5 Å². The molecule has 0 aliphatic rings. The molecule has 0 atom stereocenters. The molecule has 0 radical (unpaired) electrons. The van der Waals surface area contributed by atoms with Crippen LogP contribution in [-0.4, -0.2) is 29.8 Å². The molecule has 5 nitrogen and oxygen atoms in total. The molecule has 2 aromatic rings. The number of Topliss-reactive ketones (excluding diaryl/α,β-unsaturated/α-hetero) is 1. The van der Waals surface area contributed by atoms with E-state index in [1.807, 2.05) is 24.3 Å². The van der Waals surface area contributed by atoms with Gasteiger partial charge in [-0.2, -0.15) is 5.10 Å². The number of benzene rings is 1. The number of nitrogens with zero attached hydrogens (tertiary/aromatic N) is 2. The number of methoxy groups -OCH3 is 2. The van der Waals surface area contributed by atoms with Gasteiger partial charge in [-0.05, 0) is 17.7 Å². The lowest BCUT2D eigenvalue weighted by Gasteiger charge is -2.05. The van der Waals surface area contributed by atoms with Gasteiger partial charge < -0.3 is 9.47 Å². The minimum Gasteiger partial charge on any atom is -0.497 e. The molecular weight excluding hydrogens is 244 g/mol. The SMILES string of the molecule is COc1ccc(CC(=O)c2c(OC)cnn2C)cc1. The lowest BCUT2D eigenvalue weighted by Crippen LogP contribution is -2.11. The van der Waals surface area contributed by atoms with Crippen molar-refractivity contribution < 1.29 is 14.3 Å². The minimum absolute atomic E-state index is 0.0259. The second-order valence-corrected chi connectivity index (χ2v) is 4.13. The fourth-order valence-electron chi connectivity index (χ4n) is 1.90. The summed E-state index contributed by atoms with van der Waals surface area (Å²) in [5.74, 6) is 1.25. The average Bonchev–Trinajstić information content (AvgIpc) is 2.80. The summed E-state index contributed by atoms with van der Waals surface area (Å²) in [6.07, 6.45) is 1.85. The quantitative estimate of drug-likeness (QED) is 0.770. The maximum atomic E-state index is 12.3. The molecule has 19 heavy (non-hydrogen) atoms. The van der Waals surface area contributed by atoms with E-state index in [2.05, 4.69) is 5.10 Å². The Morgan fingerprint density at radius 1 is 1.21 bits per heavy atom. The highest BCUT2D eigenvalue weighted by atomic mass is 16.5.